The maximum Gasteiger partial charge on any atom is 0.327 e. The third kappa shape index (κ3) is 16.8. The zero-order valence-electron chi connectivity index (χ0n) is 28.8. The number of H-pyrrole nitrogens is 1. The van der Waals surface area contributed by atoms with E-state index in [0.717, 1.165) is 18.4 Å². The fourth-order valence-electron chi connectivity index (χ4n) is 5.14. The quantitative estimate of drug-likeness (QED) is 0.0442. The van der Waals surface area contributed by atoms with Gasteiger partial charge in [-0.2, -0.15) is 12.6 Å². The molecule has 2 aromatic rings. The number of carbonyl (C=O) groups is 5. The Morgan fingerprint density at radius 3 is 2.02 bits per heavy atom. The number of rotatable bonds is 28. The highest BCUT2D eigenvalue weighted by molar-refractivity contribution is 7.80. The normalized spacial score (nSPS) is 12.9. The highest BCUT2D eigenvalue weighted by Gasteiger charge is 2.28. The van der Waals surface area contributed by atoms with Crippen LogP contribution in [0.2, 0.25) is 0 Å². The number of hydrogen-bond acceptors (Lipinski definition) is 10. The van der Waals surface area contributed by atoms with Gasteiger partial charge in [-0.3, -0.25) is 19.2 Å². The second-order valence-corrected chi connectivity index (χ2v) is 12.2. The number of carbonyl (C=O) groups excluding carboxylic acids is 4. The molecule has 0 saturated carbocycles. The van der Waals surface area contributed by atoms with Crippen LogP contribution in [0.3, 0.4) is 0 Å². The van der Waals surface area contributed by atoms with Crippen molar-refractivity contribution < 1.29 is 38.6 Å². The number of nitrogens with two attached hydrogens (primary N) is 2. The number of hydrogen-bond donors (Lipinski definition) is 9. The highest BCUT2D eigenvalue weighted by atomic mass is 32.1. The zero-order valence-corrected chi connectivity index (χ0v) is 29.6. The smallest absolute Gasteiger partial charge is 0.327 e. The molecular formula is C34H55N7O8S. The second kappa shape index (κ2) is 25.3. The van der Waals surface area contributed by atoms with Gasteiger partial charge in [0.25, 0.3) is 0 Å². The van der Waals surface area contributed by atoms with Crippen molar-refractivity contribution in [3.8, 4) is 0 Å². The number of nitrogens with one attached hydrogen (secondary N) is 5. The number of amides is 4. The topological polar surface area (TPSA) is 240 Å². The van der Waals surface area contributed by atoms with Crippen LogP contribution in [0.5, 0.6) is 0 Å². The van der Waals surface area contributed by atoms with E-state index in [1.807, 2.05) is 24.4 Å². The number of benzene rings is 1. The van der Waals surface area contributed by atoms with E-state index in [0.29, 0.717) is 64.8 Å². The first-order valence-corrected chi connectivity index (χ1v) is 17.9. The molecule has 3 unspecified atom stereocenters. The summed E-state index contributed by atoms with van der Waals surface area (Å²) in [4.78, 5) is 65.6. The lowest BCUT2D eigenvalue weighted by atomic mass is 10.0. The van der Waals surface area contributed by atoms with Crippen LogP contribution in [-0.2, 0) is 39.9 Å². The average Bonchev–Trinajstić information content (AvgIpc) is 3.51. The molecule has 50 heavy (non-hydrogen) atoms. The number of aryl methyl sites for hydroxylation is 1. The minimum Gasteiger partial charge on any atom is -0.480 e. The summed E-state index contributed by atoms with van der Waals surface area (Å²) in [6.45, 7) is 2.16. The average molecular weight is 722 g/mol. The lowest BCUT2D eigenvalue weighted by Crippen LogP contribution is -2.56. The van der Waals surface area contributed by atoms with Crippen molar-refractivity contribution in [2.75, 3.05) is 51.8 Å². The van der Waals surface area contributed by atoms with Crippen LogP contribution in [-0.4, -0.2) is 110 Å². The minimum atomic E-state index is -1.24. The van der Waals surface area contributed by atoms with Crippen molar-refractivity contribution >= 4 is 53.1 Å². The van der Waals surface area contributed by atoms with E-state index in [9.17, 15) is 29.1 Å². The predicted octanol–water partition coefficient (Wildman–Crippen LogP) is 0.757. The SMILES string of the molecule is NCCCCC(NC(=O)CCOCCOCCNC(=O)CCCc1c[nH]c2ccccc12)C(=O)NC(CCCCN)C(=O)NC(CS)C(=O)O. The molecule has 0 aliphatic carbocycles. The lowest BCUT2D eigenvalue weighted by molar-refractivity contribution is -0.141. The fraction of sp³-hybridized carbons (Fsp3) is 0.618. The van der Waals surface area contributed by atoms with Gasteiger partial charge in [0, 0.05) is 42.2 Å². The second-order valence-electron chi connectivity index (χ2n) is 11.9. The number of ether oxygens (including phenoxy) is 2. The van der Waals surface area contributed by atoms with Gasteiger partial charge in [0.1, 0.15) is 18.1 Å². The number of fused-ring (bicyclic) bond motifs is 1. The summed E-state index contributed by atoms with van der Waals surface area (Å²) in [5, 5.41) is 21.1. The molecule has 15 nitrogen and oxygen atoms in total. The maximum absolute atomic E-state index is 13.2. The number of carboxylic acids is 1. The van der Waals surface area contributed by atoms with Crippen LogP contribution < -0.4 is 32.7 Å². The number of carboxylic acid groups (broad SMARTS) is 1. The van der Waals surface area contributed by atoms with Crippen molar-refractivity contribution in [3.05, 3.63) is 36.0 Å². The molecule has 0 saturated heterocycles. The van der Waals surface area contributed by atoms with Gasteiger partial charge in [-0.1, -0.05) is 18.2 Å². The molecule has 4 amide bonds. The summed E-state index contributed by atoms with van der Waals surface area (Å²) in [6, 6.07) is 4.93. The minimum absolute atomic E-state index is 0.00206. The van der Waals surface area contributed by atoms with E-state index in [-0.39, 0.29) is 44.3 Å². The standard InChI is InChI=1S/C34H55N7O8S/c35-15-5-3-11-27(32(44)40-28(12-4-6-16-36)33(45)41-29(23-50)34(46)47)39-31(43)14-18-48-20-21-49-19-17-37-30(42)13-7-8-24-22-38-26-10-2-1-9-25(24)26/h1-2,9-10,22,27-29,38,50H,3-8,11-21,23,35-36H2,(H,37,42)(H,39,43)(H,40,44)(H,41,45)(H,46,47). The first-order valence-electron chi connectivity index (χ1n) is 17.3. The first-order chi connectivity index (χ1) is 24.2. The molecule has 3 atom stereocenters. The molecule has 0 aliphatic rings. The largest absolute Gasteiger partial charge is 0.480 e. The Labute approximate surface area is 299 Å². The number of para-hydroxylation sites is 1. The lowest BCUT2D eigenvalue weighted by Gasteiger charge is -2.24. The van der Waals surface area contributed by atoms with Crippen molar-refractivity contribution in [2.45, 2.75) is 82.3 Å². The van der Waals surface area contributed by atoms with E-state index >= 15 is 0 Å². The Hall–Kier alpha value is -3.70. The Kier molecular flexibility index (Phi) is 21.5. The molecular weight excluding hydrogens is 666 g/mol. The molecule has 0 radical (unpaired) electrons. The van der Waals surface area contributed by atoms with Crippen molar-refractivity contribution in [3.63, 3.8) is 0 Å². The van der Waals surface area contributed by atoms with Crippen molar-refractivity contribution in [1.82, 2.24) is 26.3 Å². The molecule has 1 aromatic heterocycles. The summed E-state index contributed by atoms with van der Waals surface area (Å²) < 4.78 is 11.0. The van der Waals surface area contributed by atoms with Gasteiger partial charge >= 0.3 is 5.97 Å². The molecule has 1 heterocycles. The van der Waals surface area contributed by atoms with Crippen LogP contribution in [0, 0.1) is 0 Å². The Morgan fingerprint density at radius 2 is 1.38 bits per heavy atom. The third-order valence-corrected chi connectivity index (χ3v) is 8.28. The number of aromatic nitrogens is 1. The monoisotopic (exact) mass is 721 g/mol. The molecule has 10 N–H and O–H groups in total. The Bertz CT molecular complexity index is 1330. The summed E-state index contributed by atoms with van der Waals surface area (Å²) in [5.74, 6) is -3.01. The van der Waals surface area contributed by atoms with Crippen LogP contribution in [0.4, 0.5) is 0 Å². The van der Waals surface area contributed by atoms with E-state index in [1.54, 1.807) is 0 Å². The third-order valence-electron chi connectivity index (χ3n) is 7.91. The van der Waals surface area contributed by atoms with Gasteiger partial charge in [0.2, 0.25) is 23.6 Å². The van der Waals surface area contributed by atoms with E-state index in [4.69, 9.17) is 20.9 Å². The molecule has 280 valence electrons. The number of unbranched alkanes of at least 4 members (excludes halogenated alkanes) is 2. The van der Waals surface area contributed by atoms with E-state index < -0.39 is 41.8 Å². The van der Waals surface area contributed by atoms with Gasteiger partial charge in [-0.25, -0.2) is 4.79 Å². The number of thiol groups is 1. The van der Waals surface area contributed by atoms with Gasteiger partial charge in [-0.05, 0) is 76.1 Å². The molecule has 1 aromatic carbocycles. The van der Waals surface area contributed by atoms with Crippen LogP contribution in [0.25, 0.3) is 10.9 Å². The first kappa shape index (κ1) is 42.5. The fourth-order valence-corrected chi connectivity index (χ4v) is 5.38. The summed E-state index contributed by atoms with van der Waals surface area (Å²) >= 11 is 3.97. The highest BCUT2D eigenvalue weighted by Crippen LogP contribution is 2.19. The van der Waals surface area contributed by atoms with Gasteiger partial charge in [0.05, 0.1) is 26.4 Å². The molecule has 0 spiro atoms. The maximum atomic E-state index is 13.2. The molecule has 0 bridgehead atoms. The molecule has 0 fully saturated rings. The van der Waals surface area contributed by atoms with E-state index in [1.165, 1.54) is 10.9 Å². The van der Waals surface area contributed by atoms with Crippen molar-refractivity contribution in [2.24, 2.45) is 11.5 Å². The van der Waals surface area contributed by atoms with Crippen LogP contribution in [0.15, 0.2) is 30.5 Å². The summed E-state index contributed by atoms with van der Waals surface area (Å²) in [6.07, 6.45) is 6.86. The number of aliphatic carboxylic acids is 1. The number of aromatic amines is 1. The Balaban J connectivity index is 1.66. The molecule has 0 aliphatic heterocycles. The van der Waals surface area contributed by atoms with E-state index in [2.05, 4.69) is 44.9 Å². The van der Waals surface area contributed by atoms with Crippen LogP contribution in [0.1, 0.15) is 63.4 Å². The van der Waals surface area contributed by atoms with Gasteiger partial charge < -0.3 is 52.3 Å². The van der Waals surface area contributed by atoms with Gasteiger partial charge in [-0.15, -0.1) is 0 Å². The predicted molar refractivity (Wildman–Crippen MR) is 194 cm³/mol. The van der Waals surface area contributed by atoms with Crippen LogP contribution >= 0.6 is 12.6 Å². The summed E-state index contributed by atoms with van der Waals surface area (Å²) in [5.41, 5.74) is 13.5. The van der Waals surface area contributed by atoms with Crippen molar-refractivity contribution in [1.29, 1.82) is 0 Å². The Morgan fingerprint density at radius 1 is 0.760 bits per heavy atom. The van der Waals surface area contributed by atoms with Gasteiger partial charge in [0.15, 0.2) is 0 Å². The molecule has 16 heteroatoms. The summed E-state index contributed by atoms with van der Waals surface area (Å²) in [7, 11) is 0. The molecule has 2 rings (SSSR count). The zero-order chi connectivity index (χ0) is 36.6.